The molecule has 1 aromatic carbocycles. The van der Waals surface area contributed by atoms with Crippen LogP contribution in [0.5, 0.6) is 5.75 Å². The fourth-order valence-corrected chi connectivity index (χ4v) is 2.44. The van der Waals surface area contributed by atoms with Crippen LogP contribution in [0, 0.1) is 5.41 Å². The summed E-state index contributed by atoms with van der Waals surface area (Å²) >= 11 is 0. The van der Waals surface area contributed by atoms with Crippen molar-refractivity contribution in [1.29, 1.82) is 0 Å². The van der Waals surface area contributed by atoms with Crippen molar-refractivity contribution in [2.24, 2.45) is 5.41 Å². The van der Waals surface area contributed by atoms with Gasteiger partial charge in [0.2, 0.25) is 0 Å². The molecule has 0 aliphatic heterocycles. The van der Waals surface area contributed by atoms with Gasteiger partial charge in [-0.3, -0.25) is 0 Å². The molecule has 2 N–H and O–H groups in total. The molecule has 1 aliphatic rings. The van der Waals surface area contributed by atoms with Gasteiger partial charge in [-0.15, -0.1) is 0 Å². The summed E-state index contributed by atoms with van der Waals surface area (Å²) in [5.41, 5.74) is -0.465. The molecular formula is C13H16O6S. The lowest BCUT2D eigenvalue weighted by Gasteiger charge is -2.15. The Hall–Kier alpha value is -1.60. The number of aliphatic hydroxyl groups excluding tert-OH is 1. The smallest absolute Gasteiger partial charge is 0.339 e. The second kappa shape index (κ2) is 5.06. The third-order valence-corrected chi connectivity index (χ3v) is 4.55. The van der Waals surface area contributed by atoms with Crippen LogP contribution < -0.4 is 4.74 Å². The molecule has 0 heterocycles. The quantitative estimate of drug-likeness (QED) is 0.811. The first-order valence-electron chi connectivity index (χ1n) is 6.08. The van der Waals surface area contributed by atoms with Gasteiger partial charge in [0.05, 0.1) is 18.1 Å². The van der Waals surface area contributed by atoms with Crippen molar-refractivity contribution in [2.75, 3.05) is 19.5 Å². The van der Waals surface area contributed by atoms with Crippen molar-refractivity contribution in [3.63, 3.8) is 0 Å². The van der Waals surface area contributed by atoms with E-state index in [2.05, 4.69) is 0 Å². The first-order valence-corrected chi connectivity index (χ1v) is 7.98. The topological polar surface area (TPSA) is 101 Å². The summed E-state index contributed by atoms with van der Waals surface area (Å²) in [6.07, 6.45) is 2.69. The Bertz CT molecular complexity index is 630. The van der Waals surface area contributed by atoms with Gasteiger partial charge in [-0.1, -0.05) is 0 Å². The molecule has 110 valence electrons. The van der Waals surface area contributed by atoms with E-state index in [-0.39, 0.29) is 34.8 Å². The van der Waals surface area contributed by atoms with Crippen LogP contribution in [0.1, 0.15) is 23.2 Å². The van der Waals surface area contributed by atoms with E-state index < -0.39 is 15.8 Å². The fraction of sp³-hybridized carbons (Fsp3) is 0.462. The van der Waals surface area contributed by atoms with E-state index >= 15 is 0 Å². The van der Waals surface area contributed by atoms with Crippen LogP contribution >= 0.6 is 0 Å². The second-order valence-corrected chi connectivity index (χ2v) is 7.20. The van der Waals surface area contributed by atoms with Gasteiger partial charge < -0.3 is 14.9 Å². The molecule has 0 saturated heterocycles. The summed E-state index contributed by atoms with van der Waals surface area (Å²) < 4.78 is 28.3. The van der Waals surface area contributed by atoms with Crippen molar-refractivity contribution in [1.82, 2.24) is 0 Å². The van der Waals surface area contributed by atoms with Crippen LogP contribution in [-0.2, 0) is 9.84 Å². The number of carbonyl (C=O) groups is 1. The zero-order chi connectivity index (χ0) is 15.0. The molecule has 7 heteroatoms. The molecule has 20 heavy (non-hydrogen) atoms. The molecular weight excluding hydrogens is 284 g/mol. The van der Waals surface area contributed by atoms with Crippen molar-refractivity contribution >= 4 is 15.8 Å². The number of carboxylic acids is 1. The lowest BCUT2D eigenvalue weighted by molar-refractivity contribution is 0.0689. The number of benzene rings is 1. The van der Waals surface area contributed by atoms with Gasteiger partial charge >= 0.3 is 5.97 Å². The summed E-state index contributed by atoms with van der Waals surface area (Å²) in [5.74, 6) is -1.14. The number of carboxylic acid groups (broad SMARTS) is 1. The van der Waals surface area contributed by atoms with E-state index in [1.54, 1.807) is 0 Å². The minimum atomic E-state index is -3.47. The van der Waals surface area contributed by atoms with Gasteiger partial charge in [0.1, 0.15) is 11.3 Å². The van der Waals surface area contributed by atoms with Crippen LogP contribution in [0.4, 0.5) is 0 Å². The standard InChI is InChI=1S/C13H16O6S/c1-20(17,18)9-2-3-11(10(6-9)12(15)16)19-8-13(7-14)4-5-13/h2-3,6,14H,4-5,7-8H2,1H3,(H,15,16). The SMILES string of the molecule is CS(=O)(=O)c1ccc(OCC2(CO)CC2)c(C(=O)O)c1. The molecule has 6 nitrogen and oxygen atoms in total. The minimum absolute atomic E-state index is 0.00315. The number of hydrogen-bond donors (Lipinski definition) is 2. The monoisotopic (exact) mass is 300 g/mol. The minimum Gasteiger partial charge on any atom is -0.492 e. The third kappa shape index (κ3) is 3.10. The second-order valence-electron chi connectivity index (χ2n) is 5.18. The largest absolute Gasteiger partial charge is 0.492 e. The van der Waals surface area contributed by atoms with E-state index in [9.17, 15) is 18.3 Å². The zero-order valence-electron chi connectivity index (χ0n) is 11.0. The van der Waals surface area contributed by atoms with Crippen molar-refractivity contribution in [3.05, 3.63) is 23.8 Å². The molecule has 2 rings (SSSR count). The van der Waals surface area contributed by atoms with Crippen molar-refractivity contribution in [3.8, 4) is 5.75 Å². The molecule has 0 unspecified atom stereocenters. The Kier molecular flexibility index (Phi) is 3.75. The van der Waals surface area contributed by atoms with Crippen LogP contribution in [0.3, 0.4) is 0 Å². The third-order valence-electron chi connectivity index (χ3n) is 3.44. The van der Waals surface area contributed by atoms with E-state index in [0.29, 0.717) is 0 Å². The fourth-order valence-electron chi connectivity index (χ4n) is 1.79. The van der Waals surface area contributed by atoms with E-state index in [4.69, 9.17) is 9.84 Å². The van der Waals surface area contributed by atoms with Gasteiger partial charge in [0, 0.05) is 11.7 Å². The molecule has 0 aromatic heterocycles. The maximum Gasteiger partial charge on any atom is 0.339 e. The van der Waals surface area contributed by atoms with Crippen LogP contribution in [0.15, 0.2) is 23.1 Å². The van der Waals surface area contributed by atoms with Crippen molar-refractivity contribution in [2.45, 2.75) is 17.7 Å². The van der Waals surface area contributed by atoms with E-state index in [1.165, 1.54) is 12.1 Å². The zero-order valence-corrected chi connectivity index (χ0v) is 11.8. The maximum atomic E-state index is 11.4. The van der Waals surface area contributed by atoms with Gasteiger partial charge in [-0.2, -0.15) is 0 Å². The highest BCUT2D eigenvalue weighted by molar-refractivity contribution is 7.90. The first-order chi connectivity index (χ1) is 9.27. The van der Waals surface area contributed by atoms with Gasteiger partial charge in [-0.05, 0) is 31.0 Å². The molecule has 0 spiro atoms. The molecule has 0 radical (unpaired) electrons. The van der Waals surface area contributed by atoms with Gasteiger partial charge in [0.15, 0.2) is 9.84 Å². The maximum absolute atomic E-state index is 11.4. The number of sulfone groups is 1. The number of hydrogen-bond acceptors (Lipinski definition) is 5. The lowest BCUT2D eigenvalue weighted by Crippen LogP contribution is -2.18. The highest BCUT2D eigenvalue weighted by Crippen LogP contribution is 2.45. The molecule has 0 amide bonds. The first kappa shape index (κ1) is 14.8. The Morgan fingerprint density at radius 2 is 2.05 bits per heavy atom. The lowest BCUT2D eigenvalue weighted by atomic mass is 10.1. The van der Waals surface area contributed by atoms with Gasteiger partial charge in [0.25, 0.3) is 0 Å². The Balaban J connectivity index is 2.26. The molecule has 1 aromatic rings. The molecule has 1 saturated carbocycles. The average molecular weight is 300 g/mol. The van der Waals surface area contributed by atoms with Crippen LogP contribution in [-0.4, -0.2) is 44.1 Å². The van der Waals surface area contributed by atoms with E-state index in [1.807, 2.05) is 0 Å². The number of aliphatic hydroxyl groups is 1. The predicted molar refractivity (Wildman–Crippen MR) is 70.8 cm³/mol. The van der Waals surface area contributed by atoms with Crippen LogP contribution in [0.25, 0.3) is 0 Å². The summed E-state index contributed by atoms with van der Waals surface area (Å²) in [6, 6.07) is 3.74. The summed E-state index contributed by atoms with van der Waals surface area (Å²) in [4.78, 5) is 11.1. The Morgan fingerprint density at radius 1 is 1.40 bits per heavy atom. The summed E-state index contributed by atoms with van der Waals surface area (Å²) in [7, 11) is -3.47. The number of rotatable bonds is 6. The Morgan fingerprint density at radius 3 is 2.50 bits per heavy atom. The number of aromatic carboxylic acids is 1. The van der Waals surface area contributed by atoms with Gasteiger partial charge in [-0.25, -0.2) is 13.2 Å². The Labute approximate surface area is 116 Å². The van der Waals surface area contributed by atoms with Crippen LogP contribution in [0.2, 0.25) is 0 Å². The molecule has 0 atom stereocenters. The normalized spacial score (nSPS) is 16.7. The molecule has 0 bridgehead atoms. The summed E-state index contributed by atoms with van der Waals surface area (Å²) in [5, 5.41) is 18.3. The van der Waals surface area contributed by atoms with Crippen molar-refractivity contribution < 1.29 is 28.2 Å². The highest BCUT2D eigenvalue weighted by atomic mass is 32.2. The number of ether oxygens (including phenoxy) is 1. The molecule has 1 aliphatic carbocycles. The summed E-state index contributed by atoms with van der Waals surface area (Å²) in [6.45, 7) is 0.221. The van der Waals surface area contributed by atoms with E-state index in [0.717, 1.165) is 25.2 Å². The molecule has 1 fully saturated rings. The predicted octanol–water partition coefficient (Wildman–Crippen LogP) is 0.940. The highest BCUT2D eigenvalue weighted by Gasteiger charge is 2.43. The average Bonchev–Trinajstić information content (AvgIpc) is 3.15.